The van der Waals surface area contributed by atoms with Gasteiger partial charge in [-0.15, -0.1) is 0 Å². The van der Waals surface area contributed by atoms with Crippen LogP contribution in [0.2, 0.25) is 0 Å². The molecule has 0 saturated carbocycles. The molecule has 33 heavy (non-hydrogen) atoms. The van der Waals surface area contributed by atoms with Crippen LogP contribution in [0.25, 0.3) is 22.6 Å². The predicted molar refractivity (Wildman–Crippen MR) is 128 cm³/mol. The smallest absolute Gasteiger partial charge is 0.219 e. The summed E-state index contributed by atoms with van der Waals surface area (Å²) in [5.74, 6) is 3.04. The number of piperazine rings is 1. The molecule has 11 nitrogen and oxygen atoms in total. The maximum Gasteiger partial charge on any atom is 0.219 e. The van der Waals surface area contributed by atoms with Gasteiger partial charge in [-0.3, -0.25) is 4.57 Å². The molecule has 11 heteroatoms. The molecule has 0 spiro atoms. The van der Waals surface area contributed by atoms with Gasteiger partial charge in [-0.05, 0) is 12.8 Å². The van der Waals surface area contributed by atoms with Crippen molar-refractivity contribution in [1.82, 2.24) is 34.8 Å². The van der Waals surface area contributed by atoms with Crippen molar-refractivity contribution in [3.63, 3.8) is 0 Å². The number of imidazole rings is 1. The number of anilines is 3. The number of fused-ring (bicyclic) bond motifs is 1. The SMILES string of the molecule is CC(C)Cn1c(N2CCNC(C)C2)nc2c(N3CCOCC3)nc(-c3cnc(N)nc3)nc21. The molecule has 0 aromatic carbocycles. The first-order valence-electron chi connectivity index (χ1n) is 11.7. The molecule has 3 aromatic heterocycles. The molecule has 3 N–H and O–H groups in total. The molecule has 2 saturated heterocycles. The minimum Gasteiger partial charge on any atom is -0.378 e. The van der Waals surface area contributed by atoms with E-state index >= 15 is 0 Å². The number of nitrogens with two attached hydrogens (primary N) is 1. The van der Waals surface area contributed by atoms with Gasteiger partial charge in [0, 0.05) is 57.7 Å². The highest BCUT2D eigenvalue weighted by atomic mass is 16.5. The van der Waals surface area contributed by atoms with Crippen molar-refractivity contribution < 1.29 is 4.74 Å². The Kier molecular flexibility index (Phi) is 5.98. The Bertz CT molecular complexity index is 1110. The van der Waals surface area contributed by atoms with Gasteiger partial charge in [-0.25, -0.2) is 24.9 Å². The molecule has 2 fully saturated rings. The summed E-state index contributed by atoms with van der Waals surface area (Å²) < 4.78 is 7.85. The van der Waals surface area contributed by atoms with E-state index in [1.807, 2.05) is 0 Å². The largest absolute Gasteiger partial charge is 0.378 e. The zero-order valence-corrected chi connectivity index (χ0v) is 19.5. The third-order valence-corrected chi connectivity index (χ3v) is 6.00. The number of aromatic nitrogens is 6. The van der Waals surface area contributed by atoms with Gasteiger partial charge in [-0.1, -0.05) is 13.8 Å². The second-order valence-electron chi connectivity index (χ2n) is 9.19. The monoisotopic (exact) mass is 452 g/mol. The van der Waals surface area contributed by atoms with Crippen LogP contribution in [0, 0.1) is 5.92 Å². The Labute approximate surface area is 193 Å². The van der Waals surface area contributed by atoms with Crippen molar-refractivity contribution in [2.45, 2.75) is 33.4 Å². The van der Waals surface area contributed by atoms with Crippen molar-refractivity contribution in [3.05, 3.63) is 12.4 Å². The lowest BCUT2D eigenvalue weighted by molar-refractivity contribution is 0.122. The Morgan fingerprint density at radius 3 is 2.55 bits per heavy atom. The maximum absolute atomic E-state index is 5.71. The van der Waals surface area contributed by atoms with Crippen molar-refractivity contribution in [1.29, 1.82) is 0 Å². The van der Waals surface area contributed by atoms with Crippen LogP contribution in [-0.4, -0.2) is 81.5 Å². The summed E-state index contributed by atoms with van der Waals surface area (Å²) in [6.07, 6.45) is 3.35. The van der Waals surface area contributed by atoms with Crippen molar-refractivity contribution >= 4 is 28.9 Å². The van der Waals surface area contributed by atoms with E-state index in [0.29, 0.717) is 31.0 Å². The Morgan fingerprint density at radius 1 is 1.09 bits per heavy atom. The van der Waals surface area contributed by atoms with Gasteiger partial charge in [0.1, 0.15) is 0 Å². The van der Waals surface area contributed by atoms with E-state index < -0.39 is 0 Å². The highest BCUT2D eigenvalue weighted by Crippen LogP contribution is 2.32. The highest BCUT2D eigenvalue weighted by Gasteiger charge is 2.27. The van der Waals surface area contributed by atoms with Crippen molar-refractivity contribution in [2.75, 3.05) is 61.5 Å². The average Bonchev–Trinajstić information content (AvgIpc) is 3.17. The third-order valence-electron chi connectivity index (χ3n) is 6.00. The highest BCUT2D eigenvalue weighted by molar-refractivity contribution is 5.88. The van der Waals surface area contributed by atoms with E-state index in [0.717, 1.165) is 67.8 Å². The van der Waals surface area contributed by atoms with E-state index in [1.165, 1.54) is 0 Å². The van der Waals surface area contributed by atoms with E-state index in [-0.39, 0.29) is 5.95 Å². The molecule has 0 radical (unpaired) electrons. The fourth-order valence-corrected chi connectivity index (χ4v) is 4.44. The number of nitrogen functional groups attached to an aromatic ring is 1. The predicted octanol–water partition coefficient (Wildman–Crippen LogP) is 1.16. The molecule has 5 heterocycles. The molecule has 0 bridgehead atoms. The number of morpholine rings is 1. The van der Waals surface area contributed by atoms with E-state index in [4.69, 9.17) is 25.4 Å². The van der Waals surface area contributed by atoms with Crippen LogP contribution in [0.15, 0.2) is 12.4 Å². The van der Waals surface area contributed by atoms with E-state index in [2.05, 4.69) is 50.4 Å². The second-order valence-corrected chi connectivity index (χ2v) is 9.19. The van der Waals surface area contributed by atoms with Crippen LogP contribution in [0.4, 0.5) is 17.7 Å². The van der Waals surface area contributed by atoms with Crippen LogP contribution in [-0.2, 0) is 11.3 Å². The molecule has 0 aliphatic carbocycles. The molecule has 0 amide bonds. The number of rotatable bonds is 5. The number of hydrogen-bond donors (Lipinski definition) is 2. The number of hydrogen-bond acceptors (Lipinski definition) is 10. The van der Waals surface area contributed by atoms with Gasteiger partial charge in [0.05, 0.1) is 18.8 Å². The summed E-state index contributed by atoms with van der Waals surface area (Å²) in [5.41, 5.74) is 8.11. The Balaban J connectivity index is 1.70. The number of nitrogens with one attached hydrogen (secondary N) is 1. The standard InChI is InChI=1S/C22H32N10O/c1-14(2)12-32-20-17(27-22(32)31-5-4-24-15(3)13-31)19(30-6-8-33-9-7-30)28-18(29-20)16-10-25-21(23)26-11-16/h10-11,14-15,24H,4-9,12-13H2,1-3H3,(H2,23,25,26). The van der Waals surface area contributed by atoms with Gasteiger partial charge in [0.2, 0.25) is 11.9 Å². The van der Waals surface area contributed by atoms with Crippen LogP contribution in [0.1, 0.15) is 20.8 Å². The van der Waals surface area contributed by atoms with Crippen LogP contribution in [0.5, 0.6) is 0 Å². The van der Waals surface area contributed by atoms with Crippen LogP contribution in [0.3, 0.4) is 0 Å². The number of nitrogens with zero attached hydrogens (tertiary/aromatic N) is 8. The first-order valence-corrected chi connectivity index (χ1v) is 11.7. The summed E-state index contributed by atoms with van der Waals surface area (Å²) >= 11 is 0. The molecular formula is C22H32N10O. The molecular weight excluding hydrogens is 420 g/mol. The van der Waals surface area contributed by atoms with Gasteiger partial charge >= 0.3 is 0 Å². The third kappa shape index (κ3) is 4.42. The summed E-state index contributed by atoms with van der Waals surface area (Å²) in [4.78, 5) is 28.0. The van der Waals surface area contributed by atoms with Crippen LogP contribution < -0.4 is 20.9 Å². The lowest BCUT2D eigenvalue weighted by Gasteiger charge is -2.33. The molecule has 1 unspecified atom stereocenters. The lowest BCUT2D eigenvalue weighted by Crippen LogP contribution is -2.50. The minimum absolute atomic E-state index is 0.230. The van der Waals surface area contributed by atoms with Crippen molar-refractivity contribution in [2.24, 2.45) is 5.92 Å². The average molecular weight is 453 g/mol. The summed E-state index contributed by atoms with van der Waals surface area (Å²) in [6.45, 7) is 13.1. The van der Waals surface area contributed by atoms with E-state index in [1.54, 1.807) is 12.4 Å². The first-order chi connectivity index (χ1) is 16.0. The van der Waals surface area contributed by atoms with Crippen molar-refractivity contribution in [3.8, 4) is 11.4 Å². The summed E-state index contributed by atoms with van der Waals surface area (Å²) in [7, 11) is 0. The van der Waals surface area contributed by atoms with Gasteiger partial charge in [0.15, 0.2) is 22.8 Å². The summed E-state index contributed by atoms with van der Waals surface area (Å²) in [5, 5.41) is 3.52. The Morgan fingerprint density at radius 2 is 1.85 bits per heavy atom. The topological polar surface area (TPSA) is 123 Å². The second kappa shape index (κ2) is 9.06. The molecule has 3 aromatic rings. The van der Waals surface area contributed by atoms with Gasteiger partial charge in [0.25, 0.3) is 0 Å². The molecule has 5 rings (SSSR count). The fourth-order valence-electron chi connectivity index (χ4n) is 4.44. The minimum atomic E-state index is 0.230. The first kappa shape index (κ1) is 21.8. The number of ether oxygens (including phenoxy) is 1. The normalized spacial score (nSPS) is 19.6. The fraction of sp³-hybridized carbons (Fsp3) is 0.591. The van der Waals surface area contributed by atoms with Crippen LogP contribution >= 0.6 is 0 Å². The Hall–Kier alpha value is -3.05. The van der Waals surface area contributed by atoms with Gasteiger partial charge < -0.3 is 25.6 Å². The summed E-state index contributed by atoms with van der Waals surface area (Å²) in [6, 6.07) is 0.401. The zero-order chi connectivity index (χ0) is 22.9. The quantitative estimate of drug-likeness (QED) is 0.583. The molecule has 2 aliphatic rings. The molecule has 1 atom stereocenters. The molecule has 2 aliphatic heterocycles. The van der Waals surface area contributed by atoms with E-state index in [9.17, 15) is 0 Å². The van der Waals surface area contributed by atoms with Gasteiger partial charge in [-0.2, -0.15) is 0 Å². The lowest BCUT2D eigenvalue weighted by atomic mass is 10.2. The zero-order valence-electron chi connectivity index (χ0n) is 19.5. The molecule has 176 valence electrons. The maximum atomic E-state index is 5.71.